The van der Waals surface area contributed by atoms with Gasteiger partial charge in [-0.15, -0.1) is 11.3 Å². The van der Waals surface area contributed by atoms with Crippen molar-refractivity contribution in [3.63, 3.8) is 0 Å². The van der Waals surface area contributed by atoms with Crippen molar-refractivity contribution >= 4 is 28.2 Å². The van der Waals surface area contributed by atoms with Crippen LogP contribution in [0, 0.1) is 5.92 Å². The molecule has 1 fully saturated rings. The van der Waals surface area contributed by atoms with Crippen LogP contribution in [0.2, 0.25) is 0 Å². The van der Waals surface area contributed by atoms with Crippen LogP contribution < -0.4 is 10.1 Å². The fraction of sp³-hybridized carbons (Fsp3) is 0.379. The number of aryl methyl sites for hydroxylation is 1. The van der Waals surface area contributed by atoms with Crippen LogP contribution in [-0.2, 0) is 16.0 Å². The third kappa shape index (κ3) is 5.97. The van der Waals surface area contributed by atoms with Gasteiger partial charge in [0.2, 0.25) is 0 Å². The topological polar surface area (TPSA) is 67.9 Å². The van der Waals surface area contributed by atoms with E-state index in [1.807, 2.05) is 49.4 Å². The first-order valence-electron chi connectivity index (χ1n) is 12.6. The van der Waals surface area contributed by atoms with Crippen molar-refractivity contribution in [2.75, 3.05) is 32.1 Å². The van der Waals surface area contributed by atoms with Crippen molar-refractivity contribution < 1.29 is 19.1 Å². The van der Waals surface area contributed by atoms with Crippen molar-refractivity contribution in [2.24, 2.45) is 5.92 Å². The normalized spacial score (nSPS) is 15.3. The second-order valence-electron chi connectivity index (χ2n) is 8.91. The molecule has 1 saturated heterocycles. The molecule has 1 atom stereocenters. The number of esters is 1. The predicted octanol–water partition coefficient (Wildman–Crippen LogP) is 5.94. The summed E-state index contributed by atoms with van der Waals surface area (Å²) in [5.41, 5.74) is 2.84. The number of hydrogen-bond acceptors (Lipinski definition) is 6. The summed E-state index contributed by atoms with van der Waals surface area (Å²) in [7, 11) is 1.66. The van der Waals surface area contributed by atoms with Crippen LogP contribution in [0.1, 0.15) is 59.1 Å². The van der Waals surface area contributed by atoms with Crippen molar-refractivity contribution in [1.29, 1.82) is 0 Å². The summed E-state index contributed by atoms with van der Waals surface area (Å²) in [5.74, 6) is 0.521. The monoisotopic (exact) mass is 506 g/mol. The van der Waals surface area contributed by atoms with Crippen LogP contribution in [0.25, 0.3) is 0 Å². The number of likely N-dealkylation sites (tertiary alicyclic amines) is 1. The number of nitrogens with one attached hydrogen (secondary N) is 1. The zero-order valence-electron chi connectivity index (χ0n) is 21.2. The van der Waals surface area contributed by atoms with Gasteiger partial charge in [0, 0.05) is 16.0 Å². The summed E-state index contributed by atoms with van der Waals surface area (Å²) in [4.78, 5) is 29.0. The van der Waals surface area contributed by atoms with Crippen LogP contribution in [0.3, 0.4) is 0 Å². The molecule has 0 radical (unpaired) electrons. The zero-order valence-corrected chi connectivity index (χ0v) is 22.0. The average Bonchev–Trinajstić information content (AvgIpc) is 3.32. The van der Waals surface area contributed by atoms with Crippen molar-refractivity contribution in [3.05, 3.63) is 82.2 Å². The predicted molar refractivity (Wildman–Crippen MR) is 144 cm³/mol. The van der Waals surface area contributed by atoms with E-state index in [2.05, 4.69) is 35.3 Å². The molecule has 1 aliphatic rings. The van der Waals surface area contributed by atoms with Gasteiger partial charge in [-0.2, -0.15) is 0 Å². The quantitative estimate of drug-likeness (QED) is 0.364. The first kappa shape index (κ1) is 25.9. The summed E-state index contributed by atoms with van der Waals surface area (Å²) in [6, 6.07) is 19.6. The van der Waals surface area contributed by atoms with E-state index in [0.717, 1.165) is 54.2 Å². The number of hydrogen-bond donors (Lipinski definition) is 1. The Bertz CT molecular complexity index is 1150. The van der Waals surface area contributed by atoms with Crippen LogP contribution in [0.5, 0.6) is 5.75 Å². The highest BCUT2D eigenvalue weighted by molar-refractivity contribution is 7.16. The molecular weight excluding hydrogens is 472 g/mol. The summed E-state index contributed by atoms with van der Waals surface area (Å²) >= 11 is 1.63. The van der Waals surface area contributed by atoms with Gasteiger partial charge in [0.05, 0.1) is 25.7 Å². The fourth-order valence-electron chi connectivity index (χ4n) is 4.73. The van der Waals surface area contributed by atoms with Crippen LogP contribution in [-0.4, -0.2) is 43.6 Å². The molecule has 3 aromatic rings. The lowest BCUT2D eigenvalue weighted by atomic mass is 9.91. The Morgan fingerprint density at radius 1 is 1.06 bits per heavy atom. The van der Waals surface area contributed by atoms with Gasteiger partial charge in [-0.1, -0.05) is 37.3 Å². The molecule has 6 nitrogen and oxygen atoms in total. The standard InChI is InChI=1S/C29H34N2O4S/c1-4-24-19-25(28(36-24)30-27(32)21-9-7-6-8-10-21)26(20-11-13-23(34-3)14-12-20)31-17-15-22(16-18-31)29(33)35-5-2/h6-14,19,22,26H,4-5,15-18H2,1-3H3,(H,30,32)/t26-/m1/s1. The summed E-state index contributed by atoms with van der Waals surface area (Å²) in [6.07, 6.45) is 2.39. The molecule has 190 valence electrons. The fourth-order valence-corrected chi connectivity index (χ4v) is 5.75. The molecule has 2 heterocycles. The maximum Gasteiger partial charge on any atom is 0.309 e. The lowest BCUT2D eigenvalue weighted by Gasteiger charge is -2.37. The molecule has 0 spiro atoms. The van der Waals surface area contributed by atoms with E-state index in [0.29, 0.717) is 12.2 Å². The largest absolute Gasteiger partial charge is 0.497 e. The van der Waals surface area contributed by atoms with Crippen LogP contribution in [0.15, 0.2) is 60.7 Å². The van der Waals surface area contributed by atoms with E-state index in [4.69, 9.17) is 9.47 Å². The zero-order chi connectivity index (χ0) is 25.5. The Hall–Kier alpha value is -3.16. The van der Waals surface area contributed by atoms with E-state index < -0.39 is 0 Å². The van der Waals surface area contributed by atoms with Crippen molar-refractivity contribution in [1.82, 2.24) is 4.90 Å². The van der Waals surface area contributed by atoms with Crippen LogP contribution >= 0.6 is 11.3 Å². The molecule has 1 aromatic heterocycles. The number of anilines is 1. The number of carbonyl (C=O) groups excluding carboxylic acids is 2. The first-order chi connectivity index (χ1) is 17.5. The molecule has 0 aliphatic carbocycles. The minimum atomic E-state index is -0.115. The molecule has 1 amide bonds. The highest BCUT2D eigenvalue weighted by Gasteiger charge is 2.33. The SMILES string of the molecule is CCOC(=O)C1CCN([C@H](c2ccc(OC)cc2)c2cc(CC)sc2NC(=O)c2ccccc2)CC1. The number of benzene rings is 2. The highest BCUT2D eigenvalue weighted by atomic mass is 32.1. The van der Waals surface area contributed by atoms with E-state index in [1.54, 1.807) is 18.4 Å². The Labute approximate surface area is 217 Å². The number of amides is 1. The smallest absolute Gasteiger partial charge is 0.309 e. The van der Waals surface area contributed by atoms with E-state index in [9.17, 15) is 9.59 Å². The molecule has 0 saturated carbocycles. The third-order valence-electron chi connectivity index (χ3n) is 6.66. The number of methoxy groups -OCH3 is 1. The van der Waals surface area contributed by atoms with Gasteiger partial charge in [0.15, 0.2) is 0 Å². The number of piperidine rings is 1. The first-order valence-corrected chi connectivity index (χ1v) is 13.4. The minimum absolute atomic E-state index is 0.0540. The molecule has 0 unspecified atom stereocenters. The Morgan fingerprint density at radius 2 is 1.75 bits per heavy atom. The van der Waals surface area contributed by atoms with Crippen molar-refractivity contribution in [3.8, 4) is 5.75 Å². The van der Waals surface area contributed by atoms with Gasteiger partial charge in [0.25, 0.3) is 5.91 Å². The van der Waals surface area contributed by atoms with E-state index in [1.165, 1.54) is 4.88 Å². The van der Waals surface area contributed by atoms with Crippen LogP contribution in [0.4, 0.5) is 5.00 Å². The Kier molecular flexibility index (Phi) is 8.78. The van der Waals surface area contributed by atoms with Gasteiger partial charge in [-0.05, 0) is 75.2 Å². The van der Waals surface area contributed by atoms with Gasteiger partial charge < -0.3 is 14.8 Å². The Morgan fingerprint density at radius 3 is 2.36 bits per heavy atom. The van der Waals surface area contributed by atoms with E-state index >= 15 is 0 Å². The van der Waals surface area contributed by atoms with Gasteiger partial charge in [-0.25, -0.2) is 0 Å². The average molecular weight is 507 g/mol. The minimum Gasteiger partial charge on any atom is -0.497 e. The number of thiophene rings is 1. The summed E-state index contributed by atoms with van der Waals surface area (Å²) in [5, 5.41) is 4.06. The van der Waals surface area contributed by atoms with Gasteiger partial charge >= 0.3 is 5.97 Å². The number of nitrogens with zero attached hydrogens (tertiary/aromatic N) is 1. The third-order valence-corrected chi connectivity index (χ3v) is 7.87. The number of rotatable bonds is 9. The Balaban J connectivity index is 1.67. The number of carbonyl (C=O) groups is 2. The maximum atomic E-state index is 13.1. The second kappa shape index (κ2) is 12.2. The molecule has 1 aliphatic heterocycles. The van der Waals surface area contributed by atoms with Gasteiger partial charge in [-0.3, -0.25) is 14.5 Å². The molecule has 0 bridgehead atoms. The highest BCUT2D eigenvalue weighted by Crippen LogP contribution is 2.41. The molecule has 2 aromatic carbocycles. The molecule has 36 heavy (non-hydrogen) atoms. The molecule has 1 N–H and O–H groups in total. The van der Waals surface area contributed by atoms with Crippen molar-refractivity contribution in [2.45, 2.75) is 39.2 Å². The second-order valence-corrected chi connectivity index (χ2v) is 10.0. The molecule has 7 heteroatoms. The number of ether oxygens (including phenoxy) is 2. The summed E-state index contributed by atoms with van der Waals surface area (Å²) < 4.78 is 10.7. The van der Waals surface area contributed by atoms with Gasteiger partial charge in [0.1, 0.15) is 10.8 Å². The maximum absolute atomic E-state index is 13.1. The molecule has 4 rings (SSSR count). The lowest BCUT2D eigenvalue weighted by Crippen LogP contribution is -2.39. The molecular formula is C29H34N2O4S. The summed E-state index contributed by atoms with van der Waals surface area (Å²) in [6.45, 7) is 5.92. The van der Waals surface area contributed by atoms with E-state index in [-0.39, 0.29) is 23.8 Å². The lowest BCUT2D eigenvalue weighted by molar-refractivity contribution is -0.149.